The highest BCUT2D eigenvalue weighted by atomic mass is 16.5. The van der Waals surface area contributed by atoms with Gasteiger partial charge in [-0.2, -0.15) is 10.5 Å². The highest BCUT2D eigenvalue weighted by Crippen LogP contribution is 2.38. The van der Waals surface area contributed by atoms with Crippen LogP contribution in [-0.4, -0.2) is 21.3 Å². The molecular formula is C15H16N2O3. The Morgan fingerprint density at radius 3 is 1.85 bits per heavy atom. The zero-order chi connectivity index (χ0) is 15.1. The fourth-order valence-electron chi connectivity index (χ4n) is 1.85. The van der Waals surface area contributed by atoms with Crippen LogP contribution in [0.3, 0.4) is 0 Å². The van der Waals surface area contributed by atoms with Crippen LogP contribution in [-0.2, 0) is 6.42 Å². The zero-order valence-corrected chi connectivity index (χ0v) is 12.0. The molecule has 0 spiro atoms. The minimum Gasteiger partial charge on any atom is -0.493 e. The standard InChI is InChI=1S/C15H16N2O3/c1-10(12(8-16)9-17)5-11-6-13(18-2)15(20-4)14(7-11)19-3/h6-7H,5H2,1-4H3. The fourth-order valence-corrected chi connectivity index (χ4v) is 1.85. The monoisotopic (exact) mass is 272 g/mol. The lowest BCUT2D eigenvalue weighted by molar-refractivity contribution is 0.324. The molecule has 5 nitrogen and oxygen atoms in total. The first-order chi connectivity index (χ1) is 9.60. The molecule has 0 unspecified atom stereocenters. The van der Waals surface area contributed by atoms with Crippen LogP contribution in [0, 0.1) is 22.7 Å². The Morgan fingerprint density at radius 1 is 1.00 bits per heavy atom. The average molecular weight is 272 g/mol. The molecule has 0 aliphatic rings. The Morgan fingerprint density at radius 2 is 1.50 bits per heavy atom. The van der Waals surface area contributed by atoms with Gasteiger partial charge in [0.25, 0.3) is 0 Å². The van der Waals surface area contributed by atoms with E-state index in [0.717, 1.165) is 5.56 Å². The zero-order valence-electron chi connectivity index (χ0n) is 12.0. The minimum absolute atomic E-state index is 0.124. The van der Waals surface area contributed by atoms with Gasteiger partial charge < -0.3 is 14.2 Å². The molecule has 0 saturated heterocycles. The molecule has 0 amide bonds. The van der Waals surface area contributed by atoms with Crippen LogP contribution in [0.5, 0.6) is 17.2 Å². The Hall–Kier alpha value is -2.66. The molecular weight excluding hydrogens is 256 g/mol. The van der Waals surface area contributed by atoms with E-state index in [1.54, 1.807) is 33.3 Å². The summed E-state index contributed by atoms with van der Waals surface area (Å²) in [6.45, 7) is 1.75. The number of hydrogen-bond donors (Lipinski definition) is 0. The van der Waals surface area contributed by atoms with Crippen molar-refractivity contribution in [2.24, 2.45) is 0 Å². The minimum atomic E-state index is 0.124. The van der Waals surface area contributed by atoms with Gasteiger partial charge >= 0.3 is 0 Å². The van der Waals surface area contributed by atoms with E-state index < -0.39 is 0 Å². The SMILES string of the molecule is COc1cc(CC(C)=C(C#N)C#N)cc(OC)c1OC. The van der Waals surface area contributed by atoms with Crippen molar-refractivity contribution in [3.05, 3.63) is 28.8 Å². The van der Waals surface area contributed by atoms with Gasteiger partial charge in [-0.1, -0.05) is 0 Å². The van der Waals surface area contributed by atoms with Gasteiger partial charge in [-0.05, 0) is 36.6 Å². The Labute approximate surface area is 118 Å². The summed E-state index contributed by atoms with van der Waals surface area (Å²) in [7, 11) is 4.62. The van der Waals surface area contributed by atoms with Crippen LogP contribution in [0.15, 0.2) is 23.3 Å². The molecule has 0 saturated carbocycles. The molecule has 0 aromatic heterocycles. The van der Waals surface area contributed by atoms with Crippen molar-refractivity contribution in [1.82, 2.24) is 0 Å². The van der Waals surface area contributed by atoms with E-state index >= 15 is 0 Å². The third-order valence-corrected chi connectivity index (χ3v) is 2.84. The number of nitrogens with zero attached hydrogens (tertiary/aromatic N) is 2. The summed E-state index contributed by atoms with van der Waals surface area (Å²) in [6.07, 6.45) is 0.465. The Balaban J connectivity index is 3.26. The second kappa shape index (κ2) is 7.06. The van der Waals surface area contributed by atoms with Crippen molar-refractivity contribution in [3.8, 4) is 29.4 Å². The van der Waals surface area contributed by atoms with Gasteiger partial charge in [0.05, 0.1) is 21.3 Å². The highest BCUT2D eigenvalue weighted by Gasteiger charge is 2.14. The third-order valence-electron chi connectivity index (χ3n) is 2.84. The molecule has 0 N–H and O–H groups in total. The second-order valence-corrected chi connectivity index (χ2v) is 4.09. The van der Waals surface area contributed by atoms with E-state index in [4.69, 9.17) is 24.7 Å². The first kappa shape index (κ1) is 15.4. The molecule has 0 atom stereocenters. The maximum Gasteiger partial charge on any atom is 0.203 e. The van der Waals surface area contributed by atoms with Crippen molar-refractivity contribution < 1.29 is 14.2 Å². The molecule has 0 radical (unpaired) electrons. The van der Waals surface area contributed by atoms with Crippen molar-refractivity contribution in [2.45, 2.75) is 13.3 Å². The largest absolute Gasteiger partial charge is 0.493 e. The summed E-state index contributed by atoms with van der Waals surface area (Å²) in [5.74, 6) is 1.61. The predicted molar refractivity (Wildman–Crippen MR) is 73.7 cm³/mol. The number of benzene rings is 1. The molecule has 20 heavy (non-hydrogen) atoms. The molecule has 0 fully saturated rings. The number of nitriles is 2. The third kappa shape index (κ3) is 3.21. The lowest BCUT2D eigenvalue weighted by atomic mass is 10.0. The Bertz CT molecular complexity index is 566. The van der Waals surface area contributed by atoms with E-state index in [0.29, 0.717) is 29.2 Å². The van der Waals surface area contributed by atoms with Crippen molar-refractivity contribution in [2.75, 3.05) is 21.3 Å². The van der Waals surface area contributed by atoms with Crippen LogP contribution in [0.2, 0.25) is 0 Å². The number of allylic oxidation sites excluding steroid dienone is 2. The molecule has 0 aliphatic carbocycles. The second-order valence-electron chi connectivity index (χ2n) is 4.09. The van der Waals surface area contributed by atoms with Crippen LogP contribution in [0.1, 0.15) is 12.5 Å². The molecule has 104 valence electrons. The topological polar surface area (TPSA) is 75.3 Å². The molecule has 0 bridgehead atoms. The van der Waals surface area contributed by atoms with E-state index in [-0.39, 0.29) is 5.57 Å². The fraction of sp³-hybridized carbons (Fsp3) is 0.333. The summed E-state index contributed by atoms with van der Waals surface area (Å²) >= 11 is 0. The predicted octanol–water partition coefficient (Wildman–Crippen LogP) is 2.62. The molecule has 1 rings (SSSR count). The van der Waals surface area contributed by atoms with Gasteiger partial charge in [0.2, 0.25) is 5.75 Å². The lowest BCUT2D eigenvalue weighted by Gasteiger charge is -2.14. The summed E-state index contributed by atoms with van der Waals surface area (Å²) < 4.78 is 15.8. The number of hydrogen-bond acceptors (Lipinski definition) is 5. The number of ether oxygens (including phenoxy) is 3. The van der Waals surface area contributed by atoms with E-state index in [9.17, 15) is 0 Å². The van der Waals surface area contributed by atoms with Gasteiger partial charge in [0, 0.05) is 0 Å². The first-order valence-corrected chi connectivity index (χ1v) is 5.90. The van der Waals surface area contributed by atoms with Crippen LogP contribution >= 0.6 is 0 Å². The lowest BCUT2D eigenvalue weighted by Crippen LogP contribution is -1.98. The molecule has 1 aromatic rings. The quantitative estimate of drug-likeness (QED) is 0.770. The van der Waals surface area contributed by atoms with E-state index in [1.165, 1.54) is 7.11 Å². The molecule has 0 heterocycles. The number of rotatable bonds is 5. The normalized spacial score (nSPS) is 9.10. The smallest absolute Gasteiger partial charge is 0.203 e. The maximum atomic E-state index is 8.86. The summed E-state index contributed by atoms with van der Waals surface area (Å²) in [5.41, 5.74) is 1.70. The van der Waals surface area contributed by atoms with Gasteiger partial charge in [-0.25, -0.2) is 0 Å². The maximum absolute atomic E-state index is 8.86. The summed E-state index contributed by atoms with van der Waals surface area (Å²) in [5, 5.41) is 17.7. The first-order valence-electron chi connectivity index (χ1n) is 5.90. The van der Waals surface area contributed by atoms with Crippen molar-refractivity contribution >= 4 is 0 Å². The van der Waals surface area contributed by atoms with Gasteiger partial charge in [0.1, 0.15) is 17.7 Å². The van der Waals surface area contributed by atoms with Crippen LogP contribution < -0.4 is 14.2 Å². The van der Waals surface area contributed by atoms with Gasteiger partial charge in [-0.3, -0.25) is 0 Å². The Kier molecular flexibility index (Phi) is 5.43. The van der Waals surface area contributed by atoms with Gasteiger partial charge in [-0.15, -0.1) is 0 Å². The summed E-state index contributed by atoms with van der Waals surface area (Å²) in [6, 6.07) is 7.37. The van der Waals surface area contributed by atoms with Crippen molar-refractivity contribution in [1.29, 1.82) is 10.5 Å². The van der Waals surface area contributed by atoms with Crippen LogP contribution in [0.25, 0.3) is 0 Å². The summed E-state index contributed by atoms with van der Waals surface area (Å²) in [4.78, 5) is 0. The molecule has 5 heteroatoms. The molecule has 0 aliphatic heterocycles. The highest BCUT2D eigenvalue weighted by molar-refractivity contribution is 5.55. The average Bonchev–Trinajstić information content (AvgIpc) is 2.47. The van der Waals surface area contributed by atoms with E-state index in [2.05, 4.69) is 0 Å². The number of methoxy groups -OCH3 is 3. The molecule has 1 aromatic carbocycles. The van der Waals surface area contributed by atoms with Gasteiger partial charge in [0.15, 0.2) is 11.5 Å². The van der Waals surface area contributed by atoms with Crippen molar-refractivity contribution in [3.63, 3.8) is 0 Å². The van der Waals surface area contributed by atoms with E-state index in [1.807, 2.05) is 12.1 Å². The van der Waals surface area contributed by atoms with Crippen LogP contribution in [0.4, 0.5) is 0 Å².